The molecule has 0 aromatic carbocycles. The van der Waals surface area contributed by atoms with E-state index < -0.39 is 0 Å². The molecule has 3 atom stereocenters. The molecule has 0 bridgehead atoms. The van der Waals surface area contributed by atoms with Crippen molar-refractivity contribution >= 4 is 6.29 Å². The Balaban J connectivity index is 2.15. The Morgan fingerprint density at radius 3 is 2.36 bits per heavy atom. The van der Waals surface area contributed by atoms with Gasteiger partial charge in [-0.2, -0.15) is 0 Å². The Hall–Kier alpha value is -0.330. The van der Waals surface area contributed by atoms with Crippen LogP contribution >= 0.6 is 0 Å². The van der Waals surface area contributed by atoms with E-state index in [1.54, 1.807) is 0 Å². The summed E-state index contributed by atoms with van der Waals surface area (Å²) in [7, 11) is 0. The smallest absolute Gasteiger partial charge is 0.123 e. The van der Waals surface area contributed by atoms with Gasteiger partial charge in [-0.25, -0.2) is 0 Å². The highest BCUT2D eigenvalue weighted by atomic mass is 16.1. The third-order valence-electron chi connectivity index (χ3n) is 3.71. The van der Waals surface area contributed by atoms with Crippen LogP contribution in [0.15, 0.2) is 0 Å². The molecule has 2 saturated carbocycles. The zero-order valence-corrected chi connectivity index (χ0v) is 7.55. The molecule has 0 amide bonds. The van der Waals surface area contributed by atoms with Crippen molar-refractivity contribution in [3.8, 4) is 0 Å². The summed E-state index contributed by atoms with van der Waals surface area (Å²) in [5, 5.41) is 0. The molecule has 0 N–H and O–H groups in total. The lowest BCUT2D eigenvalue weighted by Gasteiger charge is -2.22. The lowest BCUT2D eigenvalue weighted by molar-refractivity contribution is -0.110. The molecule has 0 radical (unpaired) electrons. The molecule has 0 aliphatic heterocycles. The summed E-state index contributed by atoms with van der Waals surface area (Å²) < 4.78 is 0. The number of aldehydes is 1. The van der Waals surface area contributed by atoms with Crippen molar-refractivity contribution in [3.63, 3.8) is 0 Å². The monoisotopic (exact) mass is 152 g/mol. The van der Waals surface area contributed by atoms with E-state index in [0.717, 1.165) is 5.92 Å². The second-order valence-electron chi connectivity index (χ2n) is 5.32. The van der Waals surface area contributed by atoms with Gasteiger partial charge in [-0.15, -0.1) is 0 Å². The number of hydrogen-bond acceptors (Lipinski definition) is 1. The third-order valence-corrected chi connectivity index (χ3v) is 3.71. The maximum Gasteiger partial charge on any atom is 0.123 e. The first-order valence-electron chi connectivity index (χ1n) is 4.45. The number of rotatable bonds is 1. The Morgan fingerprint density at radius 2 is 2.00 bits per heavy atom. The third kappa shape index (κ3) is 0.800. The first-order valence-corrected chi connectivity index (χ1v) is 4.45. The van der Waals surface area contributed by atoms with E-state index in [0.29, 0.717) is 16.7 Å². The lowest BCUT2D eigenvalue weighted by atomic mass is 9.83. The van der Waals surface area contributed by atoms with Crippen LogP contribution in [0.25, 0.3) is 0 Å². The highest BCUT2D eigenvalue weighted by molar-refractivity contribution is 5.62. The van der Waals surface area contributed by atoms with Gasteiger partial charge in [0.25, 0.3) is 0 Å². The van der Waals surface area contributed by atoms with Crippen LogP contribution in [0.5, 0.6) is 0 Å². The van der Waals surface area contributed by atoms with Gasteiger partial charge < -0.3 is 4.79 Å². The van der Waals surface area contributed by atoms with Crippen LogP contribution in [-0.4, -0.2) is 6.29 Å². The van der Waals surface area contributed by atoms with Crippen LogP contribution < -0.4 is 0 Å². The second kappa shape index (κ2) is 1.70. The maximum atomic E-state index is 10.6. The van der Waals surface area contributed by atoms with Crippen LogP contribution in [0.4, 0.5) is 0 Å². The van der Waals surface area contributed by atoms with Crippen LogP contribution in [0.2, 0.25) is 0 Å². The van der Waals surface area contributed by atoms with Crippen molar-refractivity contribution in [1.29, 1.82) is 0 Å². The average Bonchev–Trinajstić information content (AvgIpc) is 2.22. The molecular formula is C10H16O. The summed E-state index contributed by atoms with van der Waals surface area (Å²) >= 11 is 0. The van der Waals surface area contributed by atoms with E-state index in [9.17, 15) is 4.79 Å². The molecule has 62 valence electrons. The predicted octanol–water partition coefficient (Wildman–Crippen LogP) is 2.26. The molecular weight excluding hydrogens is 136 g/mol. The van der Waals surface area contributed by atoms with Crippen LogP contribution in [0.1, 0.15) is 33.6 Å². The first kappa shape index (κ1) is 7.33. The summed E-state index contributed by atoms with van der Waals surface area (Å²) in [6.07, 6.45) is 3.67. The molecule has 2 rings (SSSR count). The largest absolute Gasteiger partial charge is 0.303 e. The van der Waals surface area contributed by atoms with E-state index in [2.05, 4.69) is 20.8 Å². The summed E-state index contributed by atoms with van der Waals surface area (Å²) in [5.74, 6) is 1.12. The summed E-state index contributed by atoms with van der Waals surface area (Å²) in [4.78, 5) is 10.6. The van der Waals surface area contributed by atoms with Crippen molar-refractivity contribution in [1.82, 2.24) is 0 Å². The van der Waals surface area contributed by atoms with E-state index in [1.807, 2.05) is 0 Å². The first-order chi connectivity index (χ1) is 4.99. The SMILES string of the molecule is CC1(C)C[C@H]2[C@@H](C=O)[C@@]2(C)C1. The van der Waals surface area contributed by atoms with Crippen molar-refractivity contribution in [3.05, 3.63) is 0 Å². The van der Waals surface area contributed by atoms with Crippen molar-refractivity contribution in [2.24, 2.45) is 22.7 Å². The quantitative estimate of drug-likeness (QED) is 0.527. The standard InChI is InChI=1S/C10H16O/c1-9(2)4-7-8(5-11)10(7,3)6-9/h5,7-8H,4,6H2,1-3H3/t7-,8+,10-/m0/s1. The molecule has 2 aliphatic rings. The fourth-order valence-corrected chi connectivity index (χ4v) is 3.26. The fraction of sp³-hybridized carbons (Fsp3) is 0.900. The summed E-state index contributed by atoms with van der Waals surface area (Å²) in [6, 6.07) is 0. The molecule has 2 aliphatic carbocycles. The van der Waals surface area contributed by atoms with Crippen molar-refractivity contribution in [2.45, 2.75) is 33.6 Å². The number of fused-ring (bicyclic) bond motifs is 1. The topological polar surface area (TPSA) is 17.1 Å². The Kier molecular flexibility index (Phi) is 1.13. The summed E-state index contributed by atoms with van der Waals surface area (Å²) in [5.41, 5.74) is 0.893. The van der Waals surface area contributed by atoms with Gasteiger partial charge in [-0.3, -0.25) is 0 Å². The van der Waals surface area contributed by atoms with Gasteiger partial charge >= 0.3 is 0 Å². The van der Waals surface area contributed by atoms with E-state index in [-0.39, 0.29) is 0 Å². The molecule has 0 spiro atoms. The number of carbonyl (C=O) groups is 1. The Labute approximate surface area is 68.2 Å². The van der Waals surface area contributed by atoms with Gasteiger partial charge in [-0.1, -0.05) is 20.8 Å². The fourth-order valence-electron chi connectivity index (χ4n) is 3.26. The minimum atomic E-state index is 0.394. The predicted molar refractivity (Wildman–Crippen MR) is 44.2 cm³/mol. The minimum absolute atomic E-state index is 0.394. The van der Waals surface area contributed by atoms with Gasteiger partial charge in [0.05, 0.1) is 0 Å². The highest BCUT2D eigenvalue weighted by Gasteiger charge is 2.67. The van der Waals surface area contributed by atoms with Gasteiger partial charge in [0.15, 0.2) is 0 Å². The number of hydrogen-bond donors (Lipinski definition) is 0. The Morgan fingerprint density at radius 1 is 1.36 bits per heavy atom. The molecule has 1 nitrogen and oxygen atoms in total. The lowest BCUT2D eigenvalue weighted by Crippen LogP contribution is -2.13. The normalized spacial score (nSPS) is 51.9. The van der Waals surface area contributed by atoms with Gasteiger partial charge in [0.1, 0.15) is 6.29 Å². The summed E-state index contributed by atoms with van der Waals surface area (Å²) in [6.45, 7) is 6.89. The van der Waals surface area contributed by atoms with Gasteiger partial charge in [-0.05, 0) is 29.6 Å². The Bertz CT molecular complexity index is 207. The van der Waals surface area contributed by atoms with Gasteiger partial charge in [0.2, 0.25) is 0 Å². The van der Waals surface area contributed by atoms with E-state index in [4.69, 9.17) is 0 Å². The molecule has 0 aromatic rings. The molecule has 0 heterocycles. The molecule has 0 unspecified atom stereocenters. The molecule has 2 fully saturated rings. The van der Waals surface area contributed by atoms with Gasteiger partial charge in [0, 0.05) is 5.92 Å². The average molecular weight is 152 g/mol. The van der Waals surface area contributed by atoms with Crippen LogP contribution in [0, 0.1) is 22.7 Å². The minimum Gasteiger partial charge on any atom is -0.303 e. The van der Waals surface area contributed by atoms with Crippen LogP contribution in [-0.2, 0) is 4.79 Å². The number of carbonyl (C=O) groups excluding carboxylic acids is 1. The highest BCUT2D eigenvalue weighted by Crippen LogP contribution is 2.71. The van der Waals surface area contributed by atoms with Crippen molar-refractivity contribution in [2.75, 3.05) is 0 Å². The van der Waals surface area contributed by atoms with Crippen molar-refractivity contribution < 1.29 is 4.79 Å². The zero-order chi connectivity index (χ0) is 8.28. The van der Waals surface area contributed by atoms with Crippen LogP contribution in [0.3, 0.4) is 0 Å². The van der Waals surface area contributed by atoms with E-state index in [1.165, 1.54) is 19.1 Å². The maximum absolute atomic E-state index is 10.6. The van der Waals surface area contributed by atoms with E-state index >= 15 is 0 Å². The second-order valence-corrected chi connectivity index (χ2v) is 5.32. The molecule has 11 heavy (non-hydrogen) atoms. The molecule has 0 aromatic heterocycles. The molecule has 1 heteroatoms. The molecule has 0 saturated heterocycles. The zero-order valence-electron chi connectivity index (χ0n) is 7.55.